The van der Waals surface area contributed by atoms with Crippen LogP contribution in [0.5, 0.6) is 0 Å². The molecule has 1 aromatic carbocycles. The number of epoxide rings is 1. The zero-order chi connectivity index (χ0) is 64.3. The molecule has 5 rings (SSSR count). The number of aliphatic hydroxyl groups excluding tert-OH is 2. The van der Waals surface area contributed by atoms with E-state index in [1.807, 2.05) is 13.8 Å². The highest BCUT2D eigenvalue weighted by atomic mass is 16.6. The number of carbonyl (C=O) groups excluding carboxylic acids is 10. The highest BCUT2D eigenvalue weighted by Crippen LogP contribution is 2.38. The van der Waals surface area contributed by atoms with E-state index in [0.717, 1.165) is 4.90 Å². The van der Waals surface area contributed by atoms with Gasteiger partial charge in [0.05, 0.1) is 42.9 Å². The molecule has 4 aliphatic rings. The zero-order valence-corrected chi connectivity index (χ0v) is 50.9. The third-order valence-corrected chi connectivity index (χ3v) is 15.7. The van der Waals surface area contributed by atoms with Crippen LogP contribution in [0.3, 0.4) is 0 Å². The number of carbonyl (C=O) groups is 10. The first kappa shape index (κ1) is 70.2. The Morgan fingerprint density at radius 1 is 0.885 bits per heavy atom. The average Bonchev–Trinajstić information content (AvgIpc) is 1.98. The monoisotopic (exact) mass is 1220 g/mol. The molecule has 13 atom stereocenters. The molecule has 480 valence electrons. The Bertz CT molecular complexity index is 2720. The molecule has 4 heterocycles. The first-order valence-corrected chi connectivity index (χ1v) is 29.7. The minimum Gasteiger partial charge on any atom is -0.457 e. The predicted molar refractivity (Wildman–Crippen MR) is 315 cm³/mol. The van der Waals surface area contributed by atoms with E-state index in [1.54, 1.807) is 57.2 Å². The predicted octanol–water partition coefficient (Wildman–Crippen LogP) is 2.46. The Labute approximate surface area is 507 Å². The molecule has 26 heteroatoms. The molecule has 87 heavy (non-hydrogen) atoms. The van der Waals surface area contributed by atoms with Gasteiger partial charge in [-0.3, -0.25) is 43.3 Å². The number of nitrogens with two attached hydrogens (primary N) is 1. The number of benzene rings is 1. The smallest absolute Gasteiger partial charge is 0.410 e. The van der Waals surface area contributed by atoms with Crippen LogP contribution in [0, 0.1) is 11.8 Å². The number of unbranched alkanes of at least 4 members (excludes halogenated alkanes) is 2. The van der Waals surface area contributed by atoms with E-state index >= 15 is 0 Å². The molecule has 9 amide bonds. The van der Waals surface area contributed by atoms with Crippen molar-refractivity contribution in [1.29, 1.82) is 0 Å². The normalized spacial score (nSPS) is 25.5. The van der Waals surface area contributed by atoms with Gasteiger partial charge in [0.15, 0.2) is 6.10 Å². The number of hydrogen-bond acceptors (Lipinski definition) is 18. The standard InChI is InChI=1S/C61H88N8O18/c1-9-45(71)38(4)54-46(85-54)34-60(7,82)25-13-14-36(2)53-37(3)16-21-47(61(8,83)26-24-43(70)32-52(76)87-53)86-59(81)68-30-28-67(29-31-68)58(80)84-35-41-17-19-42(20-18-41)65-57(79)44(33-48(62)72)66-56(78)40(6)64-55(77)39(5)63-49(73)15-11-10-12-27-69-50(74)22-23-51(69)75/h13-14,16-23,25,37-40,43-47,53-54,70-71,82-83H,9-12,15,24,26-35H2,1-8H3,(H2,62,72)(H,63,73)(H,64,77)(H,65,79)(H,66,78)/b21-16+,25-13+,36-14+/t37-,38?,39?,40?,43+,44?,45?,46+,47-,53+,54+,60?,61+/m0/s1. The summed E-state index contributed by atoms with van der Waals surface area (Å²) in [4.78, 5) is 131. The van der Waals surface area contributed by atoms with Crippen LogP contribution in [0.4, 0.5) is 15.3 Å². The number of rotatable bonds is 26. The van der Waals surface area contributed by atoms with Gasteiger partial charge in [0.1, 0.15) is 36.4 Å². The fourth-order valence-corrected chi connectivity index (χ4v) is 10.1. The third-order valence-electron chi connectivity index (χ3n) is 15.7. The molecule has 2 saturated heterocycles. The van der Waals surface area contributed by atoms with Crippen molar-refractivity contribution < 1.29 is 87.3 Å². The number of anilines is 1. The highest BCUT2D eigenvalue weighted by Gasteiger charge is 2.47. The number of cyclic esters (lactones) is 1. The number of esters is 1. The largest absolute Gasteiger partial charge is 0.457 e. The highest BCUT2D eigenvalue weighted by molar-refractivity contribution is 6.12. The maximum atomic E-state index is 13.7. The number of primary amides is 1. The molecular weight excluding hydrogens is 1130 g/mol. The van der Waals surface area contributed by atoms with Gasteiger partial charge >= 0.3 is 18.2 Å². The van der Waals surface area contributed by atoms with Crippen LogP contribution >= 0.6 is 0 Å². The molecule has 1 aromatic rings. The summed E-state index contributed by atoms with van der Waals surface area (Å²) in [6.45, 7) is 13.6. The van der Waals surface area contributed by atoms with E-state index in [2.05, 4.69) is 21.3 Å². The number of allylic oxidation sites excluding steroid dienone is 2. The van der Waals surface area contributed by atoms with Crippen LogP contribution in [0.2, 0.25) is 0 Å². The van der Waals surface area contributed by atoms with E-state index < -0.39 is 114 Å². The molecule has 0 aromatic heterocycles. The molecule has 0 bridgehead atoms. The van der Waals surface area contributed by atoms with Crippen LogP contribution in [0.25, 0.3) is 0 Å². The van der Waals surface area contributed by atoms with Gasteiger partial charge in [-0.05, 0) is 96.1 Å². The number of ether oxygens (including phenoxy) is 4. The van der Waals surface area contributed by atoms with Gasteiger partial charge < -0.3 is 76.2 Å². The van der Waals surface area contributed by atoms with Gasteiger partial charge in [-0.15, -0.1) is 0 Å². The second-order valence-electron chi connectivity index (χ2n) is 23.5. The molecular formula is C61H88N8O18. The van der Waals surface area contributed by atoms with Gasteiger partial charge in [-0.1, -0.05) is 63.6 Å². The van der Waals surface area contributed by atoms with Crippen molar-refractivity contribution in [2.24, 2.45) is 17.6 Å². The van der Waals surface area contributed by atoms with Crippen LogP contribution < -0.4 is 27.0 Å². The van der Waals surface area contributed by atoms with Crippen molar-refractivity contribution in [2.45, 2.75) is 192 Å². The summed E-state index contributed by atoms with van der Waals surface area (Å²) in [6.07, 6.45) is 6.59. The minimum atomic E-state index is -1.68. The summed E-state index contributed by atoms with van der Waals surface area (Å²) in [5, 5.41) is 53.9. The first-order chi connectivity index (χ1) is 41.0. The molecule has 26 nitrogen and oxygen atoms in total. The quantitative estimate of drug-likeness (QED) is 0.0122. The molecule has 6 unspecified atom stereocenters. The Balaban J connectivity index is 1.06. The summed E-state index contributed by atoms with van der Waals surface area (Å²) < 4.78 is 23.1. The molecule has 0 aliphatic carbocycles. The summed E-state index contributed by atoms with van der Waals surface area (Å²) in [7, 11) is 0. The van der Waals surface area contributed by atoms with E-state index in [0.29, 0.717) is 43.2 Å². The van der Waals surface area contributed by atoms with Crippen molar-refractivity contribution in [2.75, 3.05) is 38.0 Å². The second-order valence-corrected chi connectivity index (χ2v) is 23.5. The topological polar surface area (TPSA) is 376 Å². The lowest BCUT2D eigenvalue weighted by atomic mass is 9.88. The van der Waals surface area contributed by atoms with Crippen molar-refractivity contribution in [3.05, 3.63) is 77.9 Å². The lowest BCUT2D eigenvalue weighted by molar-refractivity contribution is -0.151. The van der Waals surface area contributed by atoms with Gasteiger partial charge in [-0.2, -0.15) is 0 Å². The summed E-state index contributed by atoms with van der Waals surface area (Å²) >= 11 is 0. The Hall–Kier alpha value is -7.52. The van der Waals surface area contributed by atoms with Gasteiger partial charge in [-0.25, -0.2) is 9.59 Å². The molecule has 2 fully saturated rings. The molecule has 10 N–H and O–H groups in total. The second kappa shape index (κ2) is 32.5. The van der Waals surface area contributed by atoms with Crippen molar-refractivity contribution in [3.63, 3.8) is 0 Å². The Morgan fingerprint density at radius 2 is 1.51 bits per heavy atom. The number of piperazine rings is 1. The van der Waals surface area contributed by atoms with Crippen LogP contribution in [0.1, 0.15) is 125 Å². The molecule has 0 radical (unpaired) electrons. The van der Waals surface area contributed by atoms with Crippen LogP contribution in [-0.4, -0.2) is 193 Å². The van der Waals surface area contributed by atoms with Crippen molar-refractivity contribution in [3.8, 4) is 0 Å². The SMILES string of the molecule is CCC(O)C(C)[C@H]1O[C@@H]1CC(C)(O)/C=C/C=C(\C)[C@H]1OC(=O)C[C@H](O)CC[C@@](C)(O)[C@@H](OC(=O)N2CCN(C(=O)OCc3ccc(NC(=O)C(CC(N)=O)NC(=O)C(C)NC(=O)C(C)NC(=O)CCCCCN4C(=O)C=CC4=O)cc3)CC2)/C=C/[C@@H]1C. The van der Waals surface area contributed by atoms with E-state index in [1.165, 1.54) is 60.9 Å². The van der Waals surface area contributed by atoms with Crippen molar-refractivity contribution in [1.82, 2.24) is 30.7 Å². The fraction of sp³-hybridized carbons (Fsp3) is 0.607. The Morgan fingerprint density at radius 3 is 2.14 bits per heavy atom. The number of imide groups is 1. The summed E-state index contributed by atoms with van der Waals surface area (Å²) in [5.74, 6) is -5.65. The van der Waals surface area contributed by atoms with Crippen LogP contribution in [-0.2, 0) is 63.9 Å². The summed E-state index contributed by atoms with van der Waals surface area (Å²) in [6, 6.07) is 2.46. The zero-order valence-electron chi connectivity index (χ0n) is 50.9. The number of amides is 9. The molecule has 4 aliphatic heterocycles. The molecule has 0 saturated carbocycles. The first-order valence-electron chi connectivity index (χ1n) is 29.7. The number of nitrogens with one attached hydrogen (secondary N) is 4. The van der Waals surface area contributed by atoms with E-state index in [4.69, 9.17) is 24.7 Å². The maximum Gasteiger partial charge on any atom is 0.410 e. The van der Waals surface area contributed by atoms with Crippen LogP contribution in [0.15, 0.2) is 72.4 Å². The van der Waals surface area contributed by atoms with Crippen molar-refractivity contribution >= 4 is 65.2 Å². The van der Waals surface area contributed by atoms with E-state index in [-0.39, 0.29) is 101 Å². The maximum absolute atomic E-state index is 13.7. The lowest BCUT2D eigenvalue weighted by Crippen LogP contribution is -2.55. The van der Waals surface area contributed by atoms with Gasteiger partial charge in [0.2, 0.25) is 29.5 Å². The fourth-order valence-electron chi connectivity index (χ4n) is 10.1. The molecule has 0 spiro atoms. The summed E-state index contributed by atoms with van der Waals surface area (Å²) in [5.41, 5.74) is 3.87. The van der Waals surface area contributed by atoms with Gasteiger partial charge in [0.25, 0.3) is 11.8 Å². The average molecular weight is 1220 g/mol. The number of aliphatic hydroxyl groups is 4. The van der Waals surface area contributed by atoms with E-state index in [9.17, 15) is 68.4 Å². The third kappa shape index (κ3) is 22.3. The Kier molecular flexibility index (Phi) is 26.2. The number of nitrogens with zero attached hydrogens (tertiary/aromatic N) is 3. The lowest BCUT2D eigenvalue weighted by Gasteiger charge is -2.37. The van der Waals surface area contributed by atoms with Gasteiger partial charge in [0, 0.05) is 75.2 Å². The number of hydrogen-bond donors (Lipinski definition) is 9. The minimum absolute atomic E-state index is 0.0155.